The van der Waals surface area contributed by atoms with E-state index in [0.717, 1.165) is 11.1 Å². The molecule has 0 spiro atoms. The lowest BCUT2D eigenvalue weighted by Crippen LogP contribution is -2.27. The number of hydrazine groups is 1. The molecule has 0 saturated carbocycles. The van der Waals surface area contributed by atoms with E-state index in [1.165, 1.54) is 0 Å². The fourth-order valence-electron chi connectivity index (χ4n) is 2.44. The molecule has 0 radical (unpaired) electrons. The van der Waals surface area contributed by atoms with Crippen molar-refractivity contribution in [3.63, 3.8) is 0 Å². The third kappa shape index (κ3) is 2.35. The van der Waals surface area contributed by atoms with Crippen molar-refractivity contribution >= 4 is 17.5 Å². The van der Waals surface area contributed by atoms with Crippen molar-refractivity contribution in [3.05, 3.63) is 70.7 Å². The highest BCUT2D eigenvalue weighted by molar-refractivity contribution is 6.30. The van der Waals surface area contributed by atoms with Crippen LogP contribution in [0.15, 0.2) is 54.6 Å². The Bertz CT molecular complexity index is 600. The van der Waals surface area contributed by atoms with Gasteiger partial charge in [0.05, 0.1) is 12.0 Å². The summed E-state index contributed by atoms with van der Waals surface area (Å²) in [6, 6.07) is 17.3. The number of hydrogen-bond acceptors (Lipinski definition) is 2. The number of benzene rings is 2. The molecule has 2 N–H and O–H groups in total. The van der Waals surface area contributed by atoms with Gasteiger partial charge in [0.2, 0.25) is 5.91 Å². The molecule has 1 heterocycles. The first-order chi connectivity index (χ1) is 9.25. The molecule has 2 atom stereocenters. The van der Waals surface area contributed by atoms with Crippen LogP contribution in [0.2, 0.25) is 5.02 Å². The monoisotopic (exact) mass is 272 g/mol. The lowest BCUT2D eigenvalue weighted by atomic mass is 9.88. The van der Waals surface area contributed by atoms with Crippen molar-refractivity contribution in [1.29, 1.82) is 0 Å². The van der Waals surface area contributed by atoms with Gasteiger partial charge in [0.1, 0.15) is 0 Å². The second-order valence-corrected chi connectivity index (χ2v) is 4.99. The maximum Gasteiger partial charge on any atom is 0.243 e. The quantitative estimate of drug-likeness (QED) is 0.883. The van der Waals surface area contributed by atoms with Crippen molar-refractivity contribution in [2.24, 2.45) is 0 Å². The van der Waals surface area contributed by atoms with Crippen LogP contribution in [0, 0.1) is 0 Å². The second-order valence-electron chi connectivity index (χ2n) is 4.55. The highest BCUT2D eigenvalue weighted by Gasteiger charge is 2.36. The second kappa shape index (κ2) is 5.03. The molecule has 1 aliphatic rings. The predicted molar refractivity (Wildman–Crippen MR) is 74.7 cm³/mol. The van der Waals surface area contributed by atoms with E-state index in [1.807, 2.05) is 54.6 Å². The SMILES string of the molecule is O=C1NN[C@@H](c2ccccc2)[C@@H]1c1cccc(Cl)c1. The fraction of sp³-hybridized carbons (Fsp3) is 0.133. The van der Waals surface area contributed by atoms with Crippen LogP contribution in [-0.4, -0.2) is 5.91 Å². The summed E-state index contributed by atoms with van der Waals surface area (Å²) in [5, 5.41) is 0.643. The Balaban J connectivity index is 2.00. The van der Waals surface area contributed by atoms with Crippen LogP contribution in [0.4, 0.5) is 0 Å². The zero-order valence-corrected chi connectivity index (χ0v) is 10.9. The molecule has 1 fully saturated rings. The zero-order chi connectivity index (χ0) is 13.2. The van der Waals surface area contributed by atoms with E-state index in [1.54, 1.807) is 0 Å². The Morgan fingerprint density at radius 1 is 0.947 bits per heavy atom. The highest BCUT2D eigenvalue weighted by Crippen LogP contribution is 2.34. The molecule has 1 amide bonds. The molecule has 0 aromatic heterocycles. The van der Waals surface area contributed by atoms with Crippen molar-refractivity contribution in [2.75, 3.05) is 0 Å². The van der Waals surface area contributed by atoms with Gasteiger partial charge in [-0.1, -0.05) is 54.1 Å². The van der Waals surface area contributed by atoms with E-state index in [0.29, 0.717) is 5.02 Å². The molecule has 2 aromatic rings. The van der Waals surface area contributed by atoms with E-state index in [2.05, 4.69) is 10.9 Å². The van der Waals surface area contributed by atoms with E-state index in [4.69, 9.17) is 11.6 Å². The largest absolute Gasteiger partial charge is 0.290 e. The van der Waals surface area contributed by atoms with E-state index < -0.39 is 0 Å². The molecule has 3 nitrogen and oxygen atoms in total. The summed E-state index contributed by atoms with van der Waals surface area (Å²) < 4.78 is 0. The van der Waals surface area contributed by atoms with E-state index >= 15 is 0 Å². The highest BCUT2D eigenvalue weighted by atomic mass is 35.5. The number of halogens is 1. The van der Waals surface area contributed by atoms with Crippen molar-refractivity contribution in [2.45, 2.75) is 12.0 Å². The van der Waals surface area contributed by atoms with Gasteiger partial charge in [-0.25, -0.2) is 5.43 Å². The number of carbonyl (C=O) groups excluding carboxylic acids is 1. The molecule has 0 bridgehead atoms. The first kappa shape index (κ1) is 12.2. The Morgan fingerprint density at radius 2 is 1.68 bits per heavy atom. The molecular weight excluding hydrogens is 260 g/mol. The third-order valence-corrected chi connectivity index (χ3v) is 3.57. The number of rotatable bonds is 2. The van der Waals surface area contributed by atoms with Crippen molar-refractivity contribution in [3.8, 4) is 0 Å². The van der Waals surface area contributed by atoms with E-state index in [-0.39, 0.29) is 17.9 Å². The zero-order valence-electron chi connectivity index (χ0n) is 10.1. The van der Waals surface area contributed by atoms with Gasteiger partial charge in [-0.3, -0.25) is 10.2 Å². The van der Waals surface area contributed by atoms with Gasteiger partial charge in [-0.15, -0.1) is 0 Å². The maximum atomic E-state index is 12.1. The maximum absolute atomic E-state index is 12.1. The van der Waals surface area contributed by atoms with Crippen LogP contribution in [0.25, 0.3) is 0 Å². The minimum absolute atomic E-state index is 0.0314. The van der Waals surface area contributed by atoms with E-state index in [9.17, 15) is 4.79 Å². The summed E-state index contributed by atoms with van der Waals surface area (Å²) in [6.07, 6.45) is 0. The Kier molecular flexibility index (Phi) is 3.23. The van der Waals surface area contributed by atoms with Gasteiger partial charge < -0.3 is 0 Å². The van der Waals surface area contributed by atoms with Gasteiger partial charge in [0, 0.05) is 5.02 Å². The smallest absolute Gasteiger partial charge is 0.243 e. The minimum Gasteiger partial charge on any atom is -0.290 e. The van der Waals surface area contributed by atoms with Gasteiger partial charge in [0.25, 0.3) is 0 Å². The molecule has 2 aromatic carbocycles. The van der Waals surface area contributed by atoms with Crippen LogP contribution in [0.3, 0.4) is 0 Å². The number of carbonyl (C=O) groups is 1. The summed E-state index contributed by atoms with van der Waals surface area (Å²) >= 11 is 6.01. The normalized spacial score (nSPS) is 22.3. The minimum atomic E-state index is -0.263. The third-order valence-electron chi connectivity index (χ3n) is 3.33. The lowest BCUT2D eigenvalue weighted by Gasteiger charge is -2.17. The Labute approximate surface area is 116 Å². The van der Waals surface area contributed by atoms with Crippen molar-refractivity contribution < 1.29 is 4.79 Å². The first-order valence-corrected chi connectivity index (χ1v) is 6.49. The predicted octanol–water partition coefficient (Wildman–Crippen LogP) is 2.80. The number of amides is 1. The summed E-state index contributed by atoms with van der Waals surface area (Å²) in [5.74, 6) is -0.294. The molecule has 1 aliphatic heterocycles. The van der Waals surface area contributed by atoms with Crippen LogP contribution in [-0.2, 0) is 4.79 Å². The van der Waals surface area contributed by atoms with Crippen LogP contribution in [0.5, 0.6) is 0 Å². The van der Waals surface area contributed by atoms with Crippen LogP contribution >= 0.6 is 11.6 Å². The standard InChI is InChI=1S/C15H13ClN2O/c16-12-8-4-7-11(9-12)13-14(17-18-15(13)19)10-5-2-1-3-6-10/h1-9,13-14,17H,(H,18,19)/t13-,14-/m0/s1. The molecular formula is C15H13ClN2O. The molecule has 0 unspecified atom stereocenters. The number of hydrogen-bond donors (Lipinski definition) is 2. The molecule has 4 heteroatoms. The summed E-state index contributed by atoms with van der Waals surface area (Å²) in [5.41, 5.74) is 7.75. The van der Waals surface area contributed by atoms with Gasteiger partial charge in [-0.05, 0) is 23.3 Å². The Morgan fingerprint density at radius 3 is 2.42 bits per heavy atom. The molecule has 96 valence electrons. The number of nitrogens with one attached hydrogen (secondary N) is 2. The van der Waals surface area contributed by atoms with Crippen LogP contribution < -0.4 is 10.9 Å². The summed E-state index contributed by atoms with van der Waals surface area (Å²) in [6.45, 7) is 0. The van der Waals surface area contributed by atoms with Gasteiger partial charge in [0.15, 0.2) is 0 Å². The lowest BCUT2D eigenvalue weighted by molar-refractivity contribution is -0.120. The molecule has 0 aliphatic carbocycles. The summed E-state index contributed by atoms with van der Waals surface area (Å²) in [4.78, 5) is 12.1. The van der Waals surface area contributed by atoms with Crippen molar-refractivity contribution in [1.82, 2.24) is 10.9 Å². The molecule has 3 rings (SSSR count). The summed E-state index contributed by atoms with van der Waals surface area (Å²) in [7, 11) is 0. The Hall–Kier alpha value is -1.84. The average molecular weight is 273 g/mol. The molecule has 19 heavy (non-hydrogen) atoms. The molecule has 1 saturated heterocycles. The first-order valence-electron chi connectivity index (χ1n) is 6.11. The van der Waals surface area contributed by atoms with Gasteiger partial charge in [-0.2, -0.15) is 0 Å². The van der Waals surface area contributed by atoms with Gasteiger partial charge >= 0.3 is 0 Å². The average Bonchev–Trinajstić information content (AvgIpc) is 2.82. The topological polar surface area (TPSA) is 41.1 Å². The van der Waals surface area contributed by atoms with Crippen LogP contribution in [0.1, 0.15) is 23.1 Å². The fourth-order valence-corrected chi connectivity index (χ4v) is 2.64.